The molecule has 1 fully saturated rings. The van der Waals surface area contributed by atoms with Gasteiger partial charge >= 0.3 is 0 Å². The van der Waals surface area contributed by atoms with Crippen LogP contribution in [0.3, 0.4) is 0 Å². The molecule has 0 saturated carbocycles. The van der Waals surface area contributed by atoms with E-state index in [-0.39, 0.29) is 17.7 Å². The van der Waals surface area contributed by atoms with Crippen LogP contribution in [0.2, 0.25) is 0 Å². The van der Waals surface area contributed by atoms with Crippen LogP contribution >= 0.6 is 11.3 Å². The molecule has 0 aliphatic carbocycles. The van der Waals surface area contributed by atoms with Crippen molar-refractivity contribution in [2.45, 2.75) is 32.7 Å². The van der Waals surface area contributed by atoms with Crippen LogP contribution in [0.5, 0.6) is 0 Å². The molecule has 0 bridgehead atoms. The maximum atomic E-state index is 12.6. The highest BCUT2D eigenvalue weighted by Gasteiger charge is 2.28. The fourth-order valence-corrected chi connectivity index (χ4v) is 3.98. The normalized spacial score (nSPS) is 15.0. The molecule has 144 valence electrons. The van der Waals surface area contributed by atoms with Crippen LogP contribution in [0.15, 0.2) is 29.6 Å². The van der Waals surface area contributed by atoms with Crippen LogP contribution < -0.4 is 11.1 Å². The number of rotatable bonds is 6. The summed E-state index contributed by atoms with van der Waals surface area (Å²) in [5.41, 5.74) is 8.33. The van der Waals surface area contributed by atoms with E-state index in [1.807, 2.05) is 31.2 Å². The number of amides is 2. The molecule has 2 heterocycles. The standard InChI is InChI=1S/C20H26N4O2S/c1-14-2-4-15(5-3-14)12-22-19(25)16-7-10-24(11-8-16)20(26)17-13-27-18(23-17)6-9-21/h2-5,13,16H,6-12,21H2,1H3,(H,22,25). The highest BCUT2D eigenvalue weighted by atomic mass is 32.1. The zero-order chi connectivity index (χ0) is 19.2. The Labute approximate surface area is 163 Å². The number of nitrogens with one attached hydrogen (secondary N) is 1. The fourth-order valence-electron chi connectivity index (χ4n) is 3.19. The highest BCUT2D eigenvalue weighted by molar-refractivity contribution is 7.09. The molecule has 0 unspecified atom stereocenters. The molecule has 1 aromatic heterocycles. The maximum absolute atomic E-state index is 12.6. The number of likely N-dealkylation sites (tertiary alicyclic amines) is 1. The molecule has 6 nitrogen and oxygen atoms in total. The third-order valence-electron chi connectivity index (χ3n) is 4.87. The Hall–Kier alpha value is -2.25. The Balaban J connectivity index is 1.46. The third kappa shape index (κ3) is 5.14. The van der Waals surface area contributed by atoms with Crippen LogP contribution in [-0.2, 0) is 17.8 Å². The van der Waals surface area contributed by atoms with E-state index in [1.165, 1.54) is 16.9 Å². The monoisotopic (exact) mass is 386 g/mol. The molecule has 0 spiro atoms. The second-order valence-electron chi connectivity index (χ2n) is 6.94. The van der Waals surface area contributed by atoms with Gasteiger partial charge in [-0.25, -0.2) is 4.98 Å². The number of nitrogens with two attached hydrogens (primary N) is 1. The van der Waals surface area contributed by atoms with Crippen LogP contribution in [0.25, 0.3) is 0 Å². The number of benzene rings is 1. The molecular formula is C20H26N4O2S. The summed E-state index contributed by atoms with van der Waals surface area (Å²) in [6.45, 7) is 4.30. The molecule has 2 aromatic rings. The lowest BCUT2D eigenvalue weighted by atomic mass is 9.95. The molecule has 2 amide bonds. The molecule has 27 heavy (non-hydrogen) atoms. The summed E-state index contributed by atoms with van der Waals surface area (Å²) in [5.74, 6) is -0.0164. The predicted octanol–water partition coefficient (Wildman–Crippen LogP) is 2.12. The van der Waals surface area contributed by atoms with Gasteiger partial charge in [-0.2, -0.15) is 0 Å². The average molecular weight is 387 g/mol. The first kappa shape index (κ1) is 19.5. The molecule has 7 heteroatoms. The van der Waals surface area contributed by atoms with Crippen molar-refractivity contribution in [2.24, 2.45) is 11.7 Å². The van der Waals surface area contributed by atoms with Crippen LogP contribution in [-0.4, -0.2) is 41.3 Å². The fraction of sp³-hybridized carbons (Fsp3) is 0.450. The Bertz CT molecular complexity index is 780. The van der Waals surface area contributed by atoms with Gasteiger partial charge in [0.25, 0.3) is 5.91 Å². The molecule has 1 aliphatic heterocycles. The van der Waals surface area contributed by atoms with E-state index in [1.54, 1.807) is 10.3 Å². The number of piperidine rings is 1. The maximum Gasteiger partial charge on any atom is 0.273 e. The van der Waals surface area contributed by atoms with Gasteiger partial charge in [-0.1, -0.05) is 29.8 Å². The first-order chi connectivity index (χ1) is 13.1. The number of hydrogen-bond donors (Lipinski definition) is 2. The van der Waals surface area contributed by atoms with Crippen molar-refractivity contribution in [1.82, 2.24) is 15.2 Å². The summed E-state index contributed by atoms with van der Waals surface area (Å²) in [7, 11) is 0. The molecule has 3 rings (SSSR count). The van der Waals surface area contributed by atoms with Gasteiger partial charge < -0.3 is 16.0 Å². The molecule has 1 aromatic carbocycles. The van der Waals surface area contributed by atoms with E-state index >= 15 is 0 Å². The zero-order valence-electron chi connectivity index (χ0n) is 15.6. The molecular weight excluding hydrogens is 360 g/mol. The Morgan fingerprint density at radius 3 is 2.63 bits per heavy atom. The lowest BCUT2D eigenvalue weighted by Gasteiger charge is -2.31. The largest absolute Gasteiger partial charge is 0.352 e. The quantitative estimate of drug-likeness (QED) is 0.796. The van der Waals surface area contributed by atoms with Crippen LogP contribution in [0.4, 0.5) is 0 Å². The minimum absolute atomic E-state index is 0.0391. The molecule has 3 N–H and O–H groups in total. The summed E-state index contributed by atoms with van der Waals surface area (Å²) in [5, 5.41) is 5.71. The van der Waals surface area contributed by atoms with Crippen molar-refractivity contribution in [1.29, 1.82) is 0 Å². The van der Waals surface area contributed by atoms with E-state index in [2.05, 4.69) is 10.3 Å². The Morgan fingerprint density at radius 2 is 1.96 bits per heavy atom. The van der Waals surface area contributed by atoms with E-state index < -0.39 is 0 Å². The van der Waals surface area contributed by atoms with E-state index in [0.717, 1.165) is 10.6 Å². The summed E-state index contributed by atoms with van der Waals surface area (Å²) in [6.07, 6.45) is 2.07. The number of carbonyl (C=O) groups is 2. The van der Waals surface area contributed by atoms with Crippen molar-refractivity contribution < 1.29 is 9.59 Å². The van der Waals surface area contributed by atoms with Crippen molar-refractivity contribution in [2.75, 3.05) is 19.6 Å². The number of aromatic nitrogens is 1. The first-order valence-electron chi connectivity index (χ1n) is 9.34. The summed E-state index contributed by atoms with van der Waals surface area (Å²) < 4.78 is 0. The number of nitrogens with zero attached hydrogens (tertiary/aromatic N) is 2. The van der Waals surface area contributed by atoms with Gasteiger partial charge in [0, 0.05) is 37.4 Å². The van der Waals surface area contributed by atoms with Crippen LogP contribution in [0.1, 0.15) is 39.5 Å². The van der Waals surface area contributed by atoms with Gasteiger partial charge in [-0.3, -0.25) is 9.59 Å². The van der Waals surface area contributed by atoms with Gasteiger partial charge in [-0.05, 0) is 31.9 Å². The number of hydrogen-bond acceptors (Lipinski definition) is 5. The molecule has 1 saturated heterocycles. The molecule has 1 aliphatic rings. The van der Waals surface area contributed by atoms with E-state index in [9.17, 15) is 9.59 Å². The van der Waals surface area contributed by atoms with Crippen molar-refractivity contribution >= 4 is 23.2 Å². The van der Waals surface area contributed by atoms with E-state index in [4.69, 9.17) is 5.73 Å². The van der Waals surface area contributed by atoms with Crippen molar-refractivity contribution in [3.05, 3.63) is 51.5 Å². The van der Waals surface area contributed by atoms with Crippen molar-refractivity contribution in [3.63, 3.8) is 0 Å². The van der Waals surface area contributed by atoms with Gasteiger partial charge in [-0.15, -0.1) is 11.3 Å². The smallest absolute Gasteiger partial charge is 0.273 e. The predicted molar refractivity (Wildman–Crippen MR) is 107 cm³/mol. The Kier molecular flexibility index (Phi) is 6.58. The number of thiazole rings is 1. The number of aryl methyl sites for hydroxylation is 1. The lowest BCUT2D eigenvalue weighted by molar-refractivity contribution is -0.126. The van der Waals surface area contributed by atoms with Crippen LogP contribution in [0, 0.1) is 12.8 Å². The lowest BCUT2D eigenvalue weighted by Crippen LogP contribution is -2.43. The minimum Gasteiger partial charge on any atom is -0.352 e. The minimum atomic E-state index is -0.0481. The average Bonchev–Trinajstić information content (AvgIpc) is 3.16. The van der Waals surface area contributed by atoms with Gasteiger partial charge in [0.05, 0.1) is 5.01 Å². The summed E-state index contributed by atoms with van der Waals surface area (Å²) in [6, 6.07) is 8.15. The first-order valence-corrected chi connectivity index (χ1v) is 10.2. The summed E-state index contributed by atoms with van der Waals surface area (Å²) in [4.78, 5) is 31.2. The van der Waals surface area contributed by atoms with Crippen molar-refractivity contribution in [3.8, 4) is 0 Å². The topological polar surface area (TPSA) is 88.3 Å². The summed E-state index contributed by atoms with van der Waals surface area (Å²) >= 11 is 1.47. The number of carbonyl (C=O) groups excluding carboxylic acids is 2. The molecule has 0 radical (unpaired) electrons. The molecule has 0 atom stereocenters. The Morgan fingerprint density at radius 1 is 1.26 bits per heavy atom. The SMILES string of the molecule is Cc1ccc(CNC(=O)C2CCN(C(=O)c3csc(CCN)n3)CC2)cc1. The highest BCUT2D eigenvalue weighted by Crippen LogP contribution is 2.20. The van der Waals surface area contributed by atoms with Gasteiger partial charge in [0.15, 0.2) is 0 Å². The van der Waals surface area contributed by atoms with E-state index in [0.29, 0.717) is 51.1 Å². The zero-order valence-corrected chi connectivity index (χ0v) is 16.4. The second kappa shape index (κ2) is 9.10. The van der Waals surface area contributed by atoms with Gasteiger partial charge in [0.1, 0.15) is 5.69 Å². The second-order valence-corrected chi connectivity index (χ2v) is 7.88. The van der Waals surface area contributed by atoms with Gasteiger partial charge in [0.2, 0.25) is 5.91 Å². The third-order valence-corrected chi connectivity index (χ3v) is 5.78.